The Labute approximate surface area is 215 Å². The van der Waals surface area contributed by atoms with Crippen molar-refractivity contribution in [1.82, 2.24) is 19.8 Å². The van der Waals surface area contributed by atoms with Gasteiger partial charge in [0.1, 0.15) is 5.37 Å². The number of benzene rings is 2. The molecule has 3 aromatic rings. The fraction of sp³-hybridized carbons (Fsp3) is 0.296. The van der Waals surface area contributed by atoms with Gasteiger partial charge in [-0.2, -0.15) is 0 Å². The summed E-state index contributed by atoms with van der Waals surface area (Å²) >= 11 is 7.90. The van der Waals surface area contributed by atoms with Crippen molar-refractivity contribution in [2.24, 2.45) is 0 Å². The number of rotatable bonds is 7. The standard InChI is InChI=1S/C27H28ClN5OS/c28-23-10-4-9-22(20-23)26-33(25(34)24(35-26)19-21-7-2-1-3-8-21)14-6-13-31-15-17-32(18-16-31)27-29-11-5-12-30-27/h1-5,7-12,19-20,26H,6,13-18H2. The van der Waals surface area contributed by atoms with E-state index in [1.807, 2.05) is 65.6 Å². The van der Waals surface area contributed by atoms with E-state index in [0.717, 1.165) is 61.1 Å². The highest BCUT2D eigenvalue weighted by molar-refractivity contribution is 8.04. The van der Waals surface area contributed by atoms with Gasteiger partial charge in [0.2, 0.25) is 5.95 Å². The predicted molar refractivity (Wildman–Crippen MR) is 143 cm³/mol. The molecule has 0 spiro atoms. The second-order valence-electron chi connectivity index (χ2n) is 8.67. The maximum Gasteiger partial charge on any atom is 0.261 e. The minimum absolute atomic E-state index is 0.0664. The summed E-state index contributed by atoms with van der Waals surface area (Å²) in [5.41, 5.74) is 2.10. The van der Waals surface area contributed by atoms with Gasteiger partial charge in [-0.05, 0) is 48.4 Å². The van der Waals surface area contributed by atoms with Crippen LogP contribution in [0.4, 0.5) is 5.95 Å². The van der Waals surface area contributed by atoms with Crippen molar-refractivity contribution in [3.8, 4) is 0 Å². The lowest BCUT2D eigenvalue weighted by molar-refractivity contribution is -0.126. The molecule has 0 N–H and O–H groups in total. The minimum Gasteiger partial charge on any atom is -0.338 e. The van der Waals surface area contributed by atoms with Crippen molar-refractivity contribution in [3.63, 3.8) is 0 Å². The molecule has 5 rings (SSSR count). The molecule has 180 valence electrons. The highest BCUT2D eigenvalue weighted by atomic mass is 35.5. The average Bonchev–Trinajstić information content (AvgIpc) is 3.20. The van der Waals surface area contributed by atoms with E-state index >= 15 is 0 Å². The molecule has 1 amide bonds. The first kappa shape index (κ1) is 23.9. The molecule has 6 nitrogen and oxygen atoms in total. The molecule has 0 radical (unpaired) electrons. The maximum atomic E-state index is 13.4. The fourth-order valence-electron chi connectivity index (χ4n) is 4.50. The lowest BCUT2D eigenvalue weighted by atomic mass is 10.2. The molecule has 1 atom stereocenters. The topological polar surface area (TPSA) is 52.6 Å². The number of anilines is 1. The zero-order chi connectivity index (χ0) is 24.0. The number of thioether (sulfide) groups is 1. The van der Waals surface area contributed by atoms with Crippen molar-refractivity contribution in [2.45, 2.75) is 11.8 Å². The van der Waals surface area contributed by atoms with Gasteiger partial charge in [-0.25, -0.2) is 9.97 Å². The molecule has 1 unspecified atom stereocenters. The smallest absolute Gasteiger partial charge is 0.261 e. The molecule has 2 aliphatic rings. The second kappa shape index (κ2) is 11.2. The molecule has 0 aliphatic carbocycles. The molecule has 2 fully saturated rings. The van der Waals surface area contributed by atoms with E-state index in [4.69, 9.17) is 11.6 Å². The number of hydrogen-bond donors (Lipinski definition) is 0. The van der Waals surface area contributed by atoms with E-state index in [-0.39, 0.29) is 11.3 Å². The number of nitrogens with zero attached hydrogens (tertiary/aromatic N) is 5. The van der Waals surface area contributed by atoms with E-state index in [2.05, 4.69) is 25.8 Å². The van der Waals surface area contributed by atoms with E-state index in [1.165, 1.54) is 0 Å². The van der Waals surface area contributed by atoms with Gasteiger partial charge in [-0.3, -0.25) is 9.69 Å². The van der Waals surface area contributed by atoms with Crippen LogP contribution in [0.2, 0.25) is 5.02 Å². The number of hydrogen-bond acceptors (Lipinski definition) is 6. The first-order valence-corrected chi connectivity index (χ1v) is 13.2. The summed E-state index contributed by atoms with van der Waals surface area (Å²) in [6, 6.07) is 19.7. The van der Waals surface area contributed by atoms with E-state index in [0.29, 0.717) is 11.6 Å². The SMILES string of the molecule is O=C1C(=Cc2ccccc2)SC(c2cccc(Cl)c2)N1CCCN1CCN(c2ncccn2)CC1. The second-order valence-corrected chi connectivity index (χ2v) is 10.2. The zero-order valence-electron chi connectivity index (χ0n) is 19.5. The van der Waals surface area contributed by atoms with Gasteiger partial charge >= 0.3 is 0 Å². The largest absolute Gasteiger partial charge is 0.338 e. The zero-order valence-corrected chi connectivity index (χ0v) is 21.0. The summed E-state index contributed by atoms with van der Waals surface area (Å²) < 4.78 is 0. The maximum absolute atomic E-state index is 13.4. The molecule has 3 heterocycles. The van der Waals surface area contributed by atoms with Crippen molar-refractivity contribution < 1.29 is 4.79 Å². The molecule has 2 aliphatic heterocycles. The highest BCUT2D eigenvalue weighted by Crippen LogP contribution is 2.46. The molecular weight excluding hydrogens is 478 g/mol. The lowest BCUT2D eigenvalue weighted by Crippen LogP contribution is -2.47. The monoisotopic (exact) mass is 505 g/mol. The Kier molecular flexibility index (Phi) is 7.66. The summed E-state index contributed by atoms with van der Waals surface area (Å²) in [5, 5.41) is 0.625. The fourth-order valence-corrected chi connectivity index (χ4v) is 5.97. The van der Waals surface area contributed by atoms with Crippen LogP contribution in [0.15, 0.2) is 78.0 Å². The van der Waals surface area contributed by atoms with Gasteiger partial charge in [-0.1, -0.05) is 65.8 Å². The Morgan fingerprint density at radius 2 is 1.71 bits per heavy atom. The quantitative estimate of drug-likeness (QED) is 0.423. The Morgan fingerprint density at radius 3 is 2.46 bits per heavy atom. The summed E-state index contributed by atoms with van der Waals surface area (Å²) in [4.78, 5) is 29.6. The van der Waals surface area contributed by atoms with Gasteiger partial charge in [-0.15, -0.1) is 0 Å². The molecule has 0 bridgehead atoms. The third kappa shape index (κ3) is 5.86. The van der Waals surface area contributed by atoms with Crippen LogP contribution in [0.3, 0.4) is 0 Å². The molecule has 8 heteroatoms. The minimum atomic E-state index is -0.0664. The van der Waals surface area contributed by atoms with Crippen LogP contribution < -0.4 is 4.90 Å². The van der Waals surface area contributed by atoms with Crippen molar-refractivity contribution in [3.05, 3.63) is 94.1 Å². The number of aromatic nitrogens is 2. The van der Waals surface area contributed by atoms with Crippen LogP contribution >= 0.6 is 23.4 Å². The van der Waals surface area contributed by atoms with Crippen molar-refractivity contribution >= 4 is 41.3 Å². The van der Waals surface area contributed by atoms with Crippen molar-refractivity contribution in [1.29, 1.82) is 0 Å². The Balaban J connectivity index is 1.23. The molecule has 0 saturated carbocycles. The normalized spacial score (nSPS) is 20.1. The van der Waals surface area contributed by atoms with E-state index in [1.54, 1.807) is 24.2 Å². The van der Waals surface area contributed by atoms with Crippen molar-refractivity contribution in [2.75, 3.05) is 44.2 Å². The highest BCUT2D eigenvalue weighted by Gasteiger charge is 2.37. The number of piperazine rings is 1. The summed E-state index contributed by atoms with van der Waals surface area (Å²) in [6.45, 7) is 5.43. The number of halogens is 1. The molecule has 35 heavy (non-hydrogen) atoms. The van der Waals surface area contributed by atoms with Gasteiger partial charge in [0.05, 0.1) is 4.91 Å². The third-order valence-electron chi connectivity index (χ3n) is 6.31. The summed E-state index contributed by atoms with van der Waals surface area (Å²) in [6.07, 6.45) is 6.49. The van der Waals surface area contributed by atoms with Crippen LogP contribution in [0.1, 0.15) is 22.9 Å². The number of carbonyl (C=O) groups is 1. The first-order chi connectivity index (χ1) is 17.2. The first-order valence-electron chi connectivity index (χ1n) is 11.9. The number of carbonyl (C=O) groups excluding carboxylic acids is 1. The lowest BCUT2D eigenvalue weighted by Gasteiger charge is -2.35. The van der Waals surface area contributed by atoms with Gasteiger partial charge in [0.15, 0.2) is 0 Å². The van der Waals surface area contributed by atoms with E-state index < -0.39 is 0 Å². The number of amides is 1. The summed E-state index contributed by atoms with van der Waals surface area (Å²) in [5.74, 6) is 0.892. The molecule has 2 saturated heterocycles. The predicted octanol–water partition coefficient (Wildman–Crippen LogP) is 4.96. The molecule has 2 aromatic carbocycles. The van der Waals surface area contributed by atoms with Crippen LogP contribution in [0, 0.1) is 0 Å². The average molecular weight is 506 g/mol. The van der Waals surface area contributed by atoms with Crippen LogP contribution in [0.5, 0.6) is 0 Å². The molecule has 1 aromatic heterocycles. The Hall–Kier alpha value is -2.87. The van der Waals surface area contributed by atoms with Gasteiger partial charge < -0.3 is 9.80 Å². The Morgan fingerprint density at radius 1 is 0.943 bits per heavy atom. The Bertz CT molecular complexity index is 1170. The van der Waals surface area contributed by atoms with Crippen LogP contribution in [-0.2, 0) is 4.79 Å². The summed E-state index contributed by atoms with van der Waals surface area (Å²) in [7, 11) is 0. The molecular formula is C27H28ClN5OS. The van der Waals surface area contributed by atoms with Crippen LogP contribution in [-0.4, -0.2) is 64.9 Å². The van der Waals surface area contributed by atoms with Gasteiger partial charge in [0, 0.05) is 50.1 Å². The van der Waals surface area contributed by atoms with Gasteiger partial charge in [0.25, 0.3) is 5.91 Å². The third-order valence-corrected chi connectivity index (χ3v) is 7.84. The van der Waals surface area contributed by atoms with E-state index in [9.17, 15) is 4.79 Å². The van der Waals surface area contributed by atoms with Crippen LogP contribution in [0.25, 0.3) is 6.08 Å².